The lowest BCUT2D eigenvalue weighted by Crippen LogP contribution is -2.26. The summed E-state index contributed by atoms with van der Waals surface area (Å²) in [4.78, 5) is 24.2. The molecule has 2 heterocycles. The fraction of sp³-hybridized carbons (Fsp3) is 0.438. The Morgan fingerprint density at radius 1 is 1.48 bits per heavy atom. The minimum atomic E-state index is -0.968. The van der Waals surface area contributed by atoms with Gasteiger partial charge < -0.3 is 5.11 Å². The van der Waals surface area contributed by atoms with E-state index in [-0.39, 0.29) is 10.7 Å². The van der Waals surface area contributed by atoms with E-state index >= 15 is 0 Å². The number of thioether (sulfide) groups is 1. The molecule has 6 nitrogen and oxygen atoms in total. The van der Waals surface area contributed by atoms with Crippen LogP contribution in [0.2, 0.25) is 5.02 Å². The molecule has 1 aliphatic heterocycles. The Morgan fingerprint density at radius 2 is 2.24 bits per heavy atom. The summed E-state index contributed by atoms with van der Waals surface area (Å²) in [7, 11) is 0. The number of nitrogens with zero attached hydrogens (tertiary/aromatic N) is 3. The third kappa shape index (κ3) is 3.46. The lowest BCUT2D eigenvalue weighted by Gasteiger charge is -2.12. The minimum Gasteiger partial charge on any atom is -0.480 e. The van der Waals surface area contributed by atoms with Crippen molar-refractivity contribution in [3.63, 3.8) is 0 Å². The van der Waals surface area contributed by atoms with E-state index in [4.69, 9.17) is 11.6 Å². The summed E-state index contributed by atoms with van der Waals surface area (Å²) in [6.07, 6.45) is 2.90. The molecule has 0 amide bonds. The molecule has 1 aromatic heterocycles. The average Bonchev–Trinajstić information content (AvgIpc) is 2.91. The molecule has 0 saturated heterocycles. The van der Waals surface area contributed by atoms with Crippen LogP contribution in [0.25, 0.3) is 5.69 Å². The van der Waals surface area contributed by atoms with E-state index in [0.717, 1.165) is 35.4 Å². The van der Waals surface area contributed by atoms with E-state index in [9.17, 15) is 19.1 Å². The first-order valence-corrected chi connectivity index (χ1v) is 9.25. The minimum absolute atomic E-state index is 0.0148. The first-order chi connectivity index (χ1) is 11.9. The summed E-state index contributed by atoms with van der Waals surface area (Å²) < 4.78 is 17.0. The number of fused-ring (bicyclic) bond motifs is 1. The number of halogens is 2. The number of carboxylic acid groups (broad SMARTS) is 1. The highest BCUT2D eigenvalue weighted by Gasteiger charge is 2.23. The van der Waals surface area contributed by atoms with Crippen LogP contribution in [0.15, 0.2) is 21.8 Å². The molecule has 1 unspecified atom stereocenters. The van der Waals surface area contributed by atoms with Crippen molar-refractivity contribution in [3.05, 3.63) is 39.3 Å². The van der Waals surface area contributed by atoms with Crippen molar-refractivity contribution < 1.29 is 14.3 Å². The van der Waals surface area contributed by atoms with Gasteiger partial charge in [0.15, 0.2) is 5.82 Å². The molecule has 0 saturated carbocycles. The molecule has 0 fully saturated rings. The second kappa shape index (κ2) is 7.21. The molecule has 0 bridgehead atoms. The van der Waals surface area contributed by atoms with Gasteiger partial charge in [-0.25, -0.2) is 9.18 Å². The fourth-order valence-electron chi connectivity index (χ4n) is 2.79. The third-order valence-corrected chi connectivity index (χ3v) is 5.95. The van der Waals surface area contributed by atoms with Crippen LogP contribution in [0.3, 0.4) is 0 Å². The first-order valence-electron chi connectivity index (χ1n) is 8.00. The van der Waals surface area contributed by atoms with Crippen LogP contribution in [-0.2, 0) is 17.8 Å². The fourth-order valence-corrected chi connectivity index (χ4v) is 4.00. The highest BCUT2D eigenvalue weighted by Crippen LogP contribution is 2.34. The second-order valence-electron chi connectivity index (χ2n) is 5.81. The third-order valence-electron chi connectivity index (χ3n) is 4.12. The van der Waals surface area contributed by atoms with Gasteiger partial charge in [-0.2, -0.15) is 4.68 Å². The Morgan fingerprint density at radius 3 is 2.88 bits per heavy atom. The van der Waals surface area contributed by atoms with E-state index < -0.39 is 22.7 Å². The summed E-state index contributed by atoms with van der Waals surface area (Å²) in [5.41, 5.74) is -0.406. The molecule has 1 aromatic carbocycles. The zero-order valence-corrected chi connectivity index (χ0v) is 15.1. The predicted molar refractivity (Wildman–Crippen MR) is 93.3 cm³/mol. The summed E-state index contributed by atoms with van der Waals surface area (Å²) >= 11 is 7.10. The summed E-state index contributed by atoms with van der Waals surface area (Å²) in [5, 5.41) is 12.9. The van der Waals surface area contributed by atoms with Crippen molar-refractivity contribution >= 4 is 29.3 Å². The van der Waals surface area contributed by atoms with Gasteiger partial charge in [-0.15, -0.1) is 16.9 Å². The molecule has 0 spiro atoms. The second-order valence-corrected chi connectivity index (χ2v) is 7.46. The molecule has 0 aliphatic carbocycles. The summed E-state index contributed by atoms with van der Waals surface area (Å²) in [6, 6.07) is 2.49. The molecule has 1 aliphatic rings. The Labute approximate surface area is 152 Å². The van der Waals surface area contributed by atoms with Gasteiger partial charge in [0.1, 0.15) is 16.8 Å². The zero-order chi connectivity index (χ0) is 18.1. The van der Waals surface area contributed by atoms with Gasteiger partial charge in [0.25, 0.3) is 0 Å². The Bertz CT molecular complexity index is 880. The van der Waals surface area contributed by atoms with Crippen molar-refractivity contribution in [2.75, 3.05) is 0 Å². The number of aliphatic carboxylic acids is 1. The van der Waals surface area contributed by atoms with Crippen LogP contribution < -0.4 is 5.69 Å². The predicted octanol–water partition coefficient (Wildman–Crippen LogP) is 3.12. The number of rotatable bonds is 5. The van der Waals surface area contributed by atoms with Crippen LogP contribution >= 0.6 is 23.4 Å². The maximum atomic E-state index is 14.4. The molecule has 1 atom stereocenters. The number of carboxylic acids is 1. The van der Waals surface area contributed by atoms with Gasteiger partial charge in [0.05, 0.1) is 5.02 Å². The smallest absolute Gasteiger partial charge is 0.350 e. The molecule has 3 rings (SSSR count). The molecule has 2 aromatic rings. The van der Waals surface area contributed by atoms with E-state index in [1.54, 1.807) is 11.5 Å². The quantitative estimate of drug-likeness (QED) is 0.800. The van der Waals surface area contributed by atoms with E-state index in [1.165, 1.54) is 6.07 Å². The number of hydrogen-bond donors (Lipinski definition) is 1. The Balaban J connectivity index is 2.05. The van der Waals surface area contributed by atoms with Crippen LogP contribution in [0.1, 0.15) is 32.0 Å². The van der Waals surface area contributed by atoms with Gasteiger partial charge in [-0.05, 0) is 31.4 Å². The van der Waals surface area contributed by atoms with Crippen molar-refractivity contribution in [2.45, 2.75) is 49.3 Å². The van der Waals surface area contributed by atoms with E-state index in [2.05, 4.69) is 5.10 Å². The average molecular weight is 386 g/mol. The van der Waals surface area contributed by atoms with Gasteiger partial charge >= 0.3 is 11.7 Å². The molecule has 0 radical (unpaired) electrons. The van der Waals surface area contributed by atoms with Crippen molar-refractivity contribution in [3.8, 4) is 5.69 Å². The van der Waals surface area contributed by atoms with Crippen molar-refractivity contribution in [1.82, 2.24) is 14.3 Å². The highest BCUT2D eigenvalue weighted by atomic mass is 35.5. The van der Waals surface area contributed by atoms with Crippen molar-refractivity contribution in [2.24, 2.45) is 0 Å². The molecule has 1 N–H and O–H groups in total. The van der Waals surface area contributed by atoms with Gasteiger partial charge in [-0.1, -0.05) is 18.5 Å². The van der Waals surface area contributed by atoms with Gasteiger partial charge in [-0.3, -0.25) is 9.36 Å². The number of aromatic nitrogens is 3. The van der Waals surface area contributed by atoms with E-state index in [0.29, 0.717) is 30.1 Å². The highest BCUT2D eigenvalue weighted by molar-refractivity contribution is 8.00. The van der Waals surface area contributed by atoms with Crippen LogP contribution in [0.4, 0.5) is 4.39 Å². The lowest BCUT2D eigenvalue weighted by atomic mass is 10.2. The molecule has 134 valence electrons. The van der Waals surface area contributed by atoms with Gasteiger partial charge in [0, 0.05) is 17.9 Å². The van der Waals surface area contributed by atoms with Crippen molar-refractivity contribution in [1.29, 1.82) is 0 Å². The van der Waals surface area contributed by atoms with Crippen LogP contribution in [-0.4, -0.2) is 30.7 Å². The topological polar surface area (TPSA) is 77.1 Å². The lowest BCUT2D eigenvalue weighted by molar-refractivity contribution is -0.136. The largest absolute Gasteiger partial charge is 0.480 e. The maximum absolute atomic E-state index is 14.4. The number of carbonyl (C=O) groups is 1. The molecular formula is C16H17ClFN3O3S. The number of aryl methyl sites for hydroxylation is 1. The molecular weight excluding hydrogens is 369 g/mol. The van der Waals surface area contributed by atoms with Gasteiger partial charge in [0.2, 0.25) is 0 Å². The summed E-state index contributed by atoms with van der Waals surface area (Å²) in [5.74, 6) is -1.00. The van der Waals surface area contributed by atoms with Crippen LogP contribution in [0, 0.1) is 5.82 Å². The molecule has 25 heavy (non-hydrogen) atoms. The normalized spacial score (nSPS) is 15.0. The number of benzene rings is 1. The zero-order valence-electron chi connectivity index (χ0n) is 13.5. The molecule has 9 heteroatoms. The van der Waals surface area contributed by atoms with E-state index in [1.807, 2.05) is 0 Å². The number of hydrogen-bond acceptors (Lipinski definition) is 4. The SMILES string of the molecule is CCC(Sc1cc(-n2nc3n(c2=O)CCCC3)c(F)cc1Cl)C(=O)O. The Kier molecular flexibility index (Phi) is 5.19. The Hall–Kier alpha value is -1.80. The maximum Gasteiger partial charge on any atom is 0.350 e. The summed E-state index contributed by atoms with van der Waals surface area (Å²) in [6.45, 7) is 2.32. The van der Waals surface area contributed by atoms with Crippen LogP contribution in [0.5, 0.6) is 0 Å². The standard InChI is InChI=1S/C16H17ClFN3O3S/c1-2-12(15(22)23)25-13-8-11(10(18)7-9(13)17)21-16(24)20-6-4-3-5-14(20)19-21/h7-8,12H,2-6H2,1H3,(H,22,23). The first kappa shape index (κ1) is 18.0. The monoisotopic (exact) mass is 385 g/mol.